The van der Waals surface area contributed by atoms with E-state index in [1.165, 1.54) is 18.4 Å². The number of hydrogen-bond donors (Lipinski definition) is 1. The molecule has 0 amide bonds. The Morgan fingerprint density at radius 3 is 3.00 bits per heavy atom. The van der Waals surface area contributed by atoms with Crippen LogP contribution in [0.15, 0.2) is 6.20 Å². The van der Waals surface area contributed by atoms with Crippen LogP contribution in [0.1, 0.15) is 37.1 Å². The maximum Gasteiger partial charge on any atom is 0.0724 e. The molecule has 1 aliphatic carbocycles. The standard InChI is InChI=1S/C12H21N3O/c1-9(8-16-3)15-7-11(10(2)14-15)6-13-12-4-5-12/h7,9,12-13H,4-6,8H2,1-3H3. The third kappa shape index (κ3) is 2.83. The highest BCUT2D eigenvalue weighted by atomic mass is 16.5. The van der Waals surface area contributed by atoms with E-state index in [-0.39, 0.29) is 0 Å². The summed E-state index contributed by atoms with van der Waals surface area (Å²) >= 11 is 0. The molecule has 1 aromatic heterocycles. The fraction of sp³-hybridized carbons (Fsp3) is 0.750. The van der Waals surface area contributed by atoms with Gasteiger partial charge in [0.2, 0.25) is 0 Å². The van der Waals surface area contributed by atoms with Gasteiger partial charge >= 0.3 is 0 Å². The van der Waals surface area contributed by atoms with Crippen molar-refractivity contribution in [1.82, 2.24) is 15.1 Å². The Labute approximate surface area is 97.0 Å². The highest BCUT2D eigenvalue weighted by Crippen LogP contribution is 2.20. The Bertz CT molecular complexity index is 344. The Kier molecular flexibility index (Phi) is 3.61. The zero-order valence-corrected chi connectivity index (χ0v) is 10.4. The molecule has 1 saturated carbocycles. The molecule has 1 N–H and O–H groups in total. The van der Waals surface area contributed by atoms with Crippen LogP contribution in [-0.2, 0) is 11.3 Å². The molecule has 0 aliphatic heterocycles. The molecule has 1 heterocycles. The van der Waals surface area contributed by atoms with Crippen molar-refractivity contribution in [3.05, 3.63) is 17.5 Å². The molecule has 0 saturated heterocycles. The minimum absolute atomic E-state index is 0.304. The number of aryl methyl sites for hydroxylation is 1. The van der Waals surface area contributed by atoms with Crippen LogP contribution in [0.4, 0.5) is 0 Å². The van der Waals surface area contributed by atoms with Gasteiger partial charge in [0.25, 0.3) is 0 Å². The Hall–Kier alpha value is -0.870. The first-order valence-corrected chi connectivity index (χ1v) is 5.97. The summed E-state index contributed by atoms with van der Waals surface area (Å²) in [6.07, 6.45) is 4.79. The largest absolute Gasteiger partial charge is 0.382 e. The van der Waals surface area contributed by atoms with Crippen molar-refractivity contribution in [2.75, 3.05) is 13.7 Å². The fourth-order valence-electron chi connectivity index (χ4n) is 1.78. The zero-order valence-electron chi connectivity index (χ0n) is 10.4. The van der Waals surface area contributed by atoms with Gasteiger partial charge in [-0.3, -0.25) is 4.68 Å². The van der Waals surface area contributed by atoms with Gasteiger partial charge in [0.15, 0.2) is 0 Å². The van der Waals surface area contributed by atoms with E-state index in [0.717, 1.165) is 18.3 Å². The predicted octanol–water partition coefficient (Wildman–Crippen LogP) is 1.65. The minimum Gasteiger partial charge on any atom is -0.382 e. The highest BCUT2D eigenvalue weighted by molar-refractivity contribution is 5.15. The van der Waals surface area contributed by atoms with Crippen LogP contribution in [0, 0.1) is 6.92 Å². The summed E-state index contributed by atoms with van der Waals surface area (Å²) in [7, 11) is 1.72. The van der Waals surface area contributed by atoms with Crippen LogP contribution in [0.3, 0.4) is 0 Å². The molecule has 1 unspecified atom stereocenters. The summed E-state index contributed by atoms with van der Waals surface area (Å²) in [5.74, 6) is 0. The smallest absolute Gasteiger partial charge is 0.0724 e. The molecule has 2 rings (SSSR count). The van der Waals surface area contributed by atoms with Crippen LogP contribution in [0.25, 0.3) is 0 Å². The van der Waals surface area contributed by atoms with Gasteiger partial charge in [0.05, 0.1) is 18.3 Å². The number of hydrogen-bond acceptors (Lipinski definition) is 3. The van der Waals surface area contributed by atoms with Crippen molar-refractivity contribution in [2.45, 2.75) is 45.3 Å². The molecule has 16 heavy (non-hydrogen) atoms. The number of ether oxygens (including phenoxy) is 1. The molecule has 1 fully saturated rings. The monoisotopic (exact) mass is 223 g/mol. The fourth-order valence-corrected chi connectivity index (χ4v) is 1.78. The zero-order chi connectivity index (χ0) is 11.5. The van der Waals surface area contributed by atoms with E-state index in [4.69, 9.17) is 4.74 Å². The number of nitrogens with zero attached hydrogens (tertiary/aromatic N) is 2. The second kappa shape index (κ2) is 4.97. The van der Waals surface area contributed by atoms with Gasteiger partial charge in [0, 0.05) is 31.5 Å². The lowest BCUT2D eigenvalue weighted by Crippen LogP contribution is -2.15. The van der Waals surface area contributed by atoms with E-state index in [0.29, 0.717) is 12.6 Å². The molecule has 1 aromatic rings. The Balaban J connectivity index is 1.96. The van der Waals surface area contributed by atoms with Gasteiger partial charge in [-0.05, 0) is 26.7 Å². The van der Waals surface area contributed by atoms with Gasteiger partial charge in [-0.25, -0.2) is 0 Å². The Morgan fingerprint density at radius 2 is 2.38 bits per heavy atom. The first-order valence-electron chi connectivity index (χ1n) is 5.97. The van der Waals surface area contributed by atoms with Crippen LogP contribution in [0.5, 0.6) is 0 Å². The highest BCUT2D eigenvalue weighted by Gasteiger charge is 2.20. The summed E-state index contributed by atoms with van der Waals surface area (Å²) in [6.45, 7) is 5.83. The molecule has 1 aliphatic rings. The molecular formula is C12H21N3O. The van der Waals surface area contributed by atoms with Crippen LogP contribution >= 0.6 is 0 Å². The Morgan fingerprint density at radius 1 is 1.62 bits per heavy atom. The van der Waals surface area contributed by atoms with Crippen LogP contribution in [0.2, 0.25) is 0 Å². The van der Waals surface area contributed by atoms with Crippen LogP contribution in [-0.4, -0.2) is 29.5 Å². The quantitative estimate of drug-likeness (QED) is 0.797. The van der Waals surface area contributed by atoms with Crippen molar-refractivity contribution in [3.8, 4) is 0 Å². The average Bonchev–Trinajstić information content (AvgIpc) is 3.00. The molecule has 0 bridgehead atoms. The number of aromatic nitrogens is 2. The van der Waals surface area contributed by atoms with Crippen molar-refractivity contribution in [2.24, 2.45) is 0 Å². The maximum atomic E-state index is 5.14. The van der Waals surface area contributed by atoms with E-state index in [2.05, 4.69) is 30.5 Å². The lowest BCUT2D eigenvalue weighted by atomic mass is 10.2. The molecule has 4 nitrogen and oxygen atoms in total. The molecule has 0 radical (unpaired) electrons. The molecular weight excluding hydrogens is 202 g/mol. The second-order valence-electron chi connectivity index (χ2n) is 4.68. The second-order valence-corrected chi connectivity index (χ2v) is 4.68. The summed E-state index contributed by atoms with van der Waals surface area (Å²) in [5, 5.41) is 8.04. The average molecular weight is 223 g/mol. The van der Waals surface area contributed by atoms with Crippen molar-refractivity contribution in [3.63, 3.8) is 0 Å². The lowest BCUT2D eigenvalue weighted by Gasteiger charge is -2.10. The van der Waals surface area contributed by atoms with Crippen LogP contribution < -0.4 is 5.32 Å². The summed E-state index contributed by atoms with van der Waals surface area (Å²) in [6, 6.07) is 1.05. The summed E-state index contributed by atoms with van der Waals surface area (Å²) in [5.41, 5.74) is 2.42. The third-order valence-corrected chi connectivity index (χ3v) is 3.04. The topological polar surface area (TPSA) is 39.1 Å². The third-order valence-electron chi connectivity index (χ3n) is 3.04. The van der Waals surface area contributed by atoms with Gasteiger partial charge < -0.3 is 10.1 Å². The first-order chi connectivity index (χ1) is 7.70. The predicted molar refractivity (Wildman–Crippen MR) is 63.4 cm³/mol. The summed E-state index contributed by atoms with van der Waals surface area (Å²) in [4.78, 5) is 0. The van der Waals surface area contributed by atoms with Crippen molar-refractivity contribution >= 4 is 0 Å². The van der Waals surface area contributed by atoms with Gasteiger partial charge in [-0.2, -0.15) is 5.10 Å². The van der Waals surface area contributed by atoms with Gasteiger partial charge in [-0.1, -0.05) is 0 Å². The molecule has 1 atom stereocenters. The van der Waals surface area contributed by atoms with E-state index in [1.54, 1.807) is 7.11 Å². The SMILES string of the molecule is COCC(C)n1cc(CNC2CC2)c(C)n1. The molecule has 0 spiro atoms. The molecule has 4 heteroatoms. The first kappa shape index (κ1) is 11.6. The van der Waals surface area contributed by atoms with E-state index in [9.17, 15) is 0 Å². The summed E-state index contributed by atoms with van der Waals surface area (Å²) < 4.78 is 7.14. The van der Waals surface area contributed by atoms with Gasteiger partial charge in [0.1, 0.15) is 0 Å². The van der Waals surface area contributed by atoms with Gasteiger partial charge in [-0.15, -0.1) is 0 Å². The normalized spacial score (nSPS) is 17.7. The lowest BCUT2D eigenvalue weighted by molar-refractivity contribution is 0.157. The van der Waals surface area contributed by atoms with E-state index < -0.39 is 0 Å². The van der Waals surface area contributed by atoms with Crippen molar-refractivity contribution in [1.29, 1.82) is 0 Å². The molecule has 0 aromatic carbocycles. The minimum atomic E-state index is 0.304. The van der Waals surface area contributed by atoms with Crippen molar-refractivity contribution < 1.29 is 4.74 Å². The number of nitrogens with one attached hydrogen (secondary N) is 1. The number of methoxy groups -OCH3 is 1. The van der Waals surface area contributed by atoms with E-state index >= 15 is 0 Å². The molecule has 90 valence electrons. The number of rotatable bonds is 6. The van der Waals surface area contributed by atoms with E-state index in [1.807, 2.05) is 4.68 Å². The maximum absolute atomic E-state index is 5.14.